The molecule has 1 aliphatic heterocycles. The Morgan fingerprint density at radius 2 is 1.68 bits per heavy atom. The molecule has 0 spiro atoms. The van der Waals surface area contributed by atoms with E-state index in [1.807, 2.05) is 13.0 Å². The van der Waals surface area contributed by atoms with Gasteiger partial charge in [0.05, 0.1) is 30.7 Å². The minimum Gasteiger partial charge on any atom is -0.493 e. The van der Waals surface area contributed by atoms with Gasteiger partial charge < -0.3 is 24.3 Å². The second kappa shape index (κ2) is 13.7. The van der Waals surface area contributed by atoms with Crippen LogP contribution in [-0.2, 0) is 9.59 Å². The van der Waals surface area contributed by atoms with Crippen molar-refractivity contribution >= 4 is 63.8 Å². The maximum absolute atomic E-state index is 13.0. The first kappa shape index (κ1) is 30.1. The number of nitrogens with one attached hydrogen (secondary N) is 1. The van der Waals surface area contributed by atoms with Gasteiger partial charge in [-0.3, -0.25) is 19.3 Å². The second-order valence-corrected chi connectivity index (χ2v) is 10.5. The highest BCUT2D eigenvalue weighted by molar-refractivity contribution is 8.18. The number of imide groups is 1. The molecule has 0 atom stereocenters. The topological polar surface area (TPSA) is 103 Å². The van der Waals surface area contributed by atoms with Crippen LogP contribution in [0.1, 0.15) is 11.1 Å². The Balaban J connectivity index is 1.39. The molecule has 1 aliphatic rings. The van der Waals surface area contributed by atoms with Crippen molar-refractivity contribution in [3.8, 4) is 23.0 Å². The van der Waals surface area contributed by atoms with E-state index >= 15 is 0 Å². The Hall–Kier alpha value is -3.86. The smallest absolute Gasteiger partial charge is 0.293 e. The Morgan fingerprint density at radius 3 is 2.39 bits per heavy atom. The number of hydrogen-bond acceptors (Lipinski definition) is 8. The van der Waals surface area contributed by atoms with Gasteiger partial charge in [0.2, 0.25) is 0 Å². The van der Waals surface area contributed by atoms with E-state index in [1.165, 1.54) is 20.3 Å². The third kappa shape index (κ3) is 7.46. The highest BCUT2D eigenvalue weighted by Gasteiger charge is 2.35. The first-order chi connectivity index (χ1) is 19.7. The predicted octanol–water partition coefficient (Wildman–Crippen LogP) is 6.45. The zero-order valence-electron chi connectivity index (χ0n) is 22.4. The van der Waals surface area contributed by atoms with E-state index in [9.17, 15) is 14.4 Å². The molecule has 0 bridgehead atoms. The number of benzene rings is 3. The maximum atomic E-state index is 13.0. The lowest BCUT2D eigenvalue weighted by Gasteiger charge is -2.15. The molecule has 1 N–H and O–H groups in total. The molecule has 3 aromatic carbocycles. The fourth-order valence-electron chi connectivity index (χ4n) is 3.80. The summed E-state index contributed by atoms with van der Waals surface area (Å²) in [5.74, 6) is 0.599. The lowest BCUT2D eigenvalue weighted by Crippen LogP contribution is -2.32. The zero-order valence-corrected chi connectivity index (χ0v) is 24.7. The molecule has 1 heterocycles. The van der Waals surface area contributed by atoms with Crippen molar-refractivity contribution in [2.45, 2.75) is 6.92 Å². The summed E-state index contributed by atoms with van der Waals surface area (Å²) in [4.78, 5) is 39.2. The number of anilines is 1. The number of para-hydroxylation sites is 2. The number of hydrogen-bond donors (Lipinski definition) is 1. The van der Waals surface area contributed by atoms with E-state index in [4.69, 9.17) is 42.1 Å². The van der Waals surface area contributed by atoms with Gasteiger partial charge in [0.1, 0.15) is 6.61 Å². The number of methoxy groups -OCH3 is 2. The minimum absolute atomic E-state index is 0.0633. The first-order valence-electron chi connectivity index (χ1n) is 12.3. The molecular weight excluding hydrogens is 591 g/mol. The number of carbonyl (C=O) groups excluding carboxylic acids is 3. The Labute approximate surface area is 251 Å². The molecule has 4 rings (SSSR count). The number of nitrogens with zero attached hydrogens (tertiary/aromatic N) is 1. The Morgan fingerprint density at radius 1 is 0.951 bits per heavy atom. The lowest BCUT2D eigenvalue weighted by molar-refractivity contribution is -0.123. The second-order valence-electron chi connectivity index (χ2n) is 8.67. The van der Waals surface area contributed by atoms with Crippen LogP contribution in [0.3, 0.4) is 0 Å². The van der Waals surface area contributed by atoms with Crippen molar-refractivity contribution in [1.82, 2.24) is 4.90 Å². The predicted molar refractivity (Wildman–Crippen MR) is 159 cm³/mol. The van der Waals surface area contributed by atoms with E-state index in [2.05, 4.69) is 5.32 Å². The van der Waals surface area contributed by atoms with Gasteiger partial charge in [0.15, 0.2) is 29.6 Å². The van der Waals surface area contributed by atoms with Crippen LogP contribution in [0.5, 0.6) is 23.0 Å². The maximum Gasteiger partial charge on any atom is 0.293 e. The molecular formula is C29H26Cl2N2O7S. The van der Waals surface area contributed by atoms with Gasteiger partial charge in [0.25, 0.3) is 17.1 Å². The van der Waals surface area contributed by atoms with Crippen LogP contribution in [0, 0.1) is 6.92 Å². The quantitative estimate of drug-likeness (QED) is 0.245. The van der Waals surface area contributed by atoms with Gasteiger partial charge in [0, 0.05) is 10.7 Å². The average molecular weight is 618 g/mol. The number of halogens is 2. The van der Waals surface area contributed by atoms with Gasteiger partial charge in [-0.2, -0.15) is 0 Å². The molecule has 3 aromatic rings. The largest absolute Gasteiger partial charge is 0.493 e. The molecule has 41 heavy (non-hydrogen) atoms. The summed E-state index contributed by atoms with van der Waals surface area (Å²) < 4.78 is 22.0. The summed E-state index contributed by atoms with van der Waals surface area (Å²) >= 11 is 13.4. The van der Waals surface area contributed by atoms with Crippen molar-refractivity contribution < 1.29 is 33.3 Å². The molecule has 0 radical (unpaired) electrons. The summed E-state index contributed by atoms with van der Waals surface area (Å²) in [5, 5.41) is 2.98. The van der Waals surface area contributed by atoms with Gasteiger partial charge in [-0.25, -0.2) is 0 Å². The number of ether oxygens (including phenoxy) is 4. The van der Waals surface area contributed by atoms with E-state index in [-0.39, 0.29) is 41.2 Å². The number of aryl methyl sites for hydroxylation is 1. The minimum atomic E-state index is -0.452. The number of thioether (sulfide) groups is 1. The van der Waals surface area contributed by atoms with Crippen LogP contribution >= 0.6 is 35.0 Å². The first-order valence-corrected chi connectivity index (χ1v) is 13.8. The van der Waals surface area contributed by atoms with Gasteiger partial charge in [-0.1, -0.05) is 41.4 Å². The third-order valence-electron chi connectivity index (χ3n) is 5.87. The Kier molecular flexibility index (Phi) is 10.0. The van der Waals surface area contributed by atoms with Crippen molar-refractivity contribution in [2.75, 3.05) is 39.3 Å². The molecule has 0 unspecified atom stereocenters. The van der Waals surface area contributed by atoms with Crippen LogP contribution in [0.2, 0.25) is 10.0 Å². The van der Waals surface area contributed by atoms with Crippen LogP contribution in [-0.4, -0.2) is 55.9 Å². The van der Waals surface area contributed by atoms with E-state index < -0.39 is 17.1 Å². The number of amides is 3. The normalized spacial score (nSPS) is 13.9. The highest BCUT2D eigenvalue weighted by Crippen LogP contribution is 2.39. The molecule has 1 fully saturated rings. The molecule has 12 heteroatoms. The average Bonchev–Trinajstić information content (AvgIpc) is 3.21. The lowest BCUT2D eigenvalue weighted by atomic mass is 10.1. The third-order valence-corrected chi connectivity index (χ3v) is 7.46. The van der Waals surface area contributed by atoms with E-state index in [1.54, 1.807) is 48.5 Å². The fourth-order valence-corrected chi connectivity index (χ4v) is 5.12. The van der Waals surface area contributed by atoms with Crippen molar-refractivity contribution in [3.63, 3.8) is 0 Å². The van der Waals surface area contributed by atoms with E-state index in [0.717, 1.165) is 22.2 Å². The monoisotopic (exact) mass is 616 g/mol. The SMILES string of the molecule is COc1ccccc1OCCN1C(=O)S/C(=C\c2cc(Cl)c(OCC(=O)Nc3ccc(C)c(Cl)c3)c(OC)c2)C1=O. The van der Waals surface area contributed by atoms with Gasteiger partial charge in [-0.05, 0) is 72.3 Å². The molecule has 214 valence electrons. The van der Waals surface area contributed by atoms with Gasteiger partial charge >= 0.3 is 0 Å². The van der Waals surface area contributed by atoms with Gasteiger partial charge in [-0.15, -0.1) is 0 Å². The Bertz CT molecular complexity index is 1510. The summed E-state index contributed by atoms with van der Waals surface area (Å²) in [6, 6.07) is 15.4. The molecule has 9 nitrogen and oxygen atoms in total. The molecule has 0 aromatic heterocycles. The molecule has 3 amide bonds. The standard InChI is InChI=1S/C29H26Cl2N2O7S/c1-17-8-9-19(15-20(17)30)32-26(34)16-40-27-21(31)12-18(13-24(27)38-3)14-25-28(35)33(29(36)41-25)10-11-39-23-7-5-4-6-22(23)37-2/h4-9,12-15H,10-11,16H2,1-3H3,(H,32,34)/b25-14-. The fraction of sp³-hybridized carbons (Fsp3) is 0.207. The van der Waals surface area contributed by atoms with E-state index in [0.29, 0.717) is 27.8 Å². The number of carbonyl (C=O) groups is 3. The highest BCUT2D eigenvalue weighted by atomic mass is 35.5. The van der Waals surface area contributed by atoms with Crippen molar-refractivity contribution in [1.29, 1.82) is 0 Å². The summed E-state index contributed by atoms with van der Waals surface area (Å²) in [7, 11) is 2.95. The zero-order chi connectivity index (χ0) is 29.5. The summed E-state index contributed by atoms with van der Waals surface area (Å²) in [6.07, 6.45) is 1.54. The summed E-state index contributed by atoms with van der Waals surface area (Å²) in [5.41, 5.74) is 1.93. The van der Waals surface area contributed by atoms with Crippen molar-refractivity contribution in [3.05, 3.63) is 80.7 Å². The molecule has 1 saturated heterocycles. The van der Waals surface area contributed by atoms with Crippen molar-refractivity contribution in [2.24, 2.45) is 0 Å². The molecule has 0 saturated carbocycles. The van der Waals surface area contributed by atoms with Crippen LogP contribution < -0.4 is 24.3 Å². The number of rotatable bonds is 11. The van der Waals surface area contributed by atoms with Crippen LogP contribution in [0.15, 0.2) is 59.5 Å². The summed E-state index contributed by atoms with van der Waals surface area (Å²) in [6.45, 7) is 1.69. The van der Waals surface area contributed by atoms with Crippen LogP contribution in [0.4, 0.5) is 10.5 Å². The van der Waals surface area contributed by atoms with Crippen LogP contribution in [0.25, 0.3) is 6.08 Å². The molecule has 0 aliphatic carbocycles.